The van der Waals surface area contributed by atoms with Crippen molar-refractivity contribution in [2.75, 3.05) is 36.4 Å². The number of anilines is 2. The van der Waals surface area contributed by atoms with Crippen LogP contribution in [0.1, 0.15) is 19.6 Å². The van der Waals surface area contributed by atoms with E-state index in [1.807, 2.05) is 43.0 Å². The van der Waals surface area contributed by atoms with Crippen LogP contribution in [0.5, 0.6) is 0 Å². The molecular formula is C28H28Cl2N4O3S. The highest BCUT2D eigenvalue weighted by molar-refractivity contribution is 7.80. The minimum absolute atomic E-state index is 0.0122. The summed E-state index contributed by atoms with van der Waals surface area (Å²) in [6.45, 7) is 6.59. The fourth-order valence-corrected chi connectivity index (χ4v) is 4.74. The van der Waals surface area contributed by atoms with E-state index >= 15 is 0 Å². The van der Waals surface area contributed by atoms with E-state index in [1.54, 1.807) is 36.4 Å². The molecule has 1 aliphatic heterocycles. The van der Waals surface area contributed by atoms with Gasteiger partial charge in [0.1, 0.15) is 11.5 Å². The van der Waals surface area contributed by atoms with E-state index in [9.17, 15) is 9.59 Å². The predicted molar refractivity (Wildman–Crippen MR) is 158 cm³/mol. The Labute approximate surface area is 237 Å². The molecule has 0 aliphatic carbocycles. The fraction of sp³-hybridized carbons (Fsp3) is 0.250. The summed E-state index contributed by atoms with van der Waals surface area (Å²) < 4.78 is 5.79. The molecule has 1 aromatic heterocycles. The standard InChI is InChI=1S/C28H28Cl2N4O3S/c1-18(2)27(36)34-16-14-33(15-17-34)23-9-4-3-8-22(23)31-28(38)32-25(35)13-11-19-10-12-24(37-19)20-6-5-7-21(29)26(20)30/h3-13,18H,14-17H2,1-2H3,(H2,31,32,35,38). The van der Waals surface area contributed by atoms with Crippen molar-refractivity contribution in [1.29, 1.82) is 0 Å². The van der Waals surface area contributed by atoms with Gasteiger partial charge >= 0.3 is 0 Å². The number of carbonyl (C=O) groups is 2. The molecule has 3 aromatic rings. The SMILES string of the molecule is CC(C)C(=O)N1CCN(c2ccccc2NC(=S)NC(=O)C=Cc2ccc(-c3cccc(Cl)c3Cl)o2)CC1. The van der Waals surface area contributed by atoms with Crippen molar-refractivity contribution in [2.24, 2.45) is 5.92 Å². The number of furan rings is 1. The van der Waals surface area contributed by atoms with Gasteiger partial charge in [0.05, 0.1) is 21.4 Å². The van der Waals surface area contributed by atoms with Gasteiger partial charge in [-0.3, -0.25) is 14.9 Å². The molecule has 1 fully saturated rings. The Morgan fingerprint density at radius 3 is 2.47 bits per heavy atom. The first-order valence-corrected chi connectivity index (χ1v) is 13.4. The average Bonchev–Trinajstić information content (AvgIpc) is 3.38. The molecule has 0 radical (unpaired) electrons. The van der Waals surface area contributed by atoms with Crippen LogP contribution in [0, 0.1) is 5.92 Å². The molecule has 2 heterocycles. The minimum Gasteiger partial charge on any atom is -0.457 e. The lowest BCUT2D eigenvalue weighted by Crippen LogP contribution is -2.50. The van der Waals surface area contributed by atoms with E-state index in [0.29, 0.717) is 53.3 Å². The molecule has 38 heavy (non-hydrogen) atoms. The summed E-state index contributed by atoms with van der Waals surface area (Å²) in [6.07, 6.45) is 2.89. The van der Waals surface area contributed by atoms with Crippen LogP contribution in [0.2, 0.25) is 10.0 Å². The number of para-hydroxylation sites is 2. The average molecular weight is 572 g/mol. The topological polar surface area (TPSA) is 77.8 Å². The van der Waals surface area contributed by atoms with Gasteiger partial charge in [0.15, 0.2) is 5.11 Å². The smallest absolute Gasteiger partial charge is 0.250 e. The highest BCUT2D eigenvalue weighted by Crippen LogP contribution is 2.34. The van der Waals surface area contributed by atoms with Crippen molar-refractivity contribution >= 4 is 69.8 Å². The molecule has 198 valence electrons. The maximum absolute atomic E-state index is 12.5. The molecular weight excluding hydrogens is 543 g/mol. The van der Waals surface area contributed by atoms with E-state index in [-0.39, 0.29) is 16.9 Å². The quantitative estimate of drug-likeness (QED) is 0.276. The van der Waals surface area contributed by atoms with Crippen molar-refractivity contribution in [2.45, 2.75) is 13.8 Å². The van der Waals surface area contributed by atoms with E-state index in [1.165, 1.54) is 6.08 Å². The Bertz CT molecular complexity index is 1360. The van der Waals surface area contributed by atoms with Crippen molar-refractivity contribution in [3.05, 3.63) is 76.5 Å². The molecule has 0 saturated carbocycles. The highest BCUT2D eigenvalue weighted by Gasteiger charge is 2.24. The molecule has 7 nitrogen and oxygen atoms in total. The van der Waals surface area contributed by atoms with Crippen molar-refractivity contribution in [1.82, 2.24) is 10.2 Å². The number of nitrogens with one attached hydrogen (secondary N) is 2. The van der Waals surface area contributed by atoms with Crippen LogP contribution in [0.4, 0.5) is 11.4 Å². The van der Waals surface area contributed by atoms with E-state index in [0.717, 1.165) is 11.4 Å². The number of amides is 2. The summed E-state index contributed by atoms with van der Waals surface area (Å²) in [5.41, 5.74) is 2.40. The number of piperazine rings is 1. The van der Waals surface area contributed by atoms with Crippen molar-refractivity contribution < 1.29 is 14.0 Å². The molecule has 0 spiro atoms. The number of hydrogen-bond acceptors (Lipinski definition) is 5. The Morgan fingerprint density at radius 2 is 1.74 bits per heavy atom. The highest BCUT2D eigenvalue weighted by atomic mass is 35.5. The maximum Gasteiger partial charge on any atom is 0.250 e. The molecule has 0 unspecified atom stereocenters. The van der Waals surface area contributed by atoms with Crippen LogP contribution in [0.15, 0.2) is 65.1 Å². The normalized spacial score (nSPS) is 13.7. The van der Waals surface area contributed by atoms with Gasteiger partial charge in [0, 0.05) is 43.7 Å². The number of benzene rings is 2. The molecule has 1 saturated heterocycles. The molecule has 1 aliphatic rings. The third-order valence-electron chi connectivity index (χ3n) is 6.06. The Kier molecular flexibility index (Phi) is 9.09. The van der Waals surface area contributed by atoms with Gasteiger partial charge in [-0.2, -0.15) is 0 Å². The van der Waals surface area contributed by atoms with E-state index in [2.05, 4.69) is 15.5 Å². The number of halogens is 2. The number of nitrogens with zero attached hydrogens (tertiary/aromatic N) is 2. The summed E-state index contributed by atoms with van der Waals surface area (Å²) in [5, 5.41) is 6.79. The lowest BCUT2D eigenvalue weighted by Gasteiger charge is -2.37. The van der Waals surface area contributed by atoms with Gasteiger partial charge in [-0.1, -0.05) is 55.2 Å². The minimum atomic E-state index is -0.403. The van der Waals surface area contributed by atoms with Crippen molar-refractivity contribution in [3.63, 3.8) is 0 Å². The van der Waals surface area contributed by atoms with Crippen LogP contribution in [-0.2, 0) is 9.59 Å². The molecule has 2 aromatic carbocycles. The van der Waals surface area contributed by atoms with Crippen LogP contribution < -0.4 is 15.5 Å². The molecule has 0 atom stereocenters. The second-order valence-corrected chi connectivity index (χ2v) is 10.3. The largest absolute Gasteiger partial charge is 0.457 e. The first kappa shape index (κ1) is 27.7. The van der Waals surface area contributed by atoms with Crippen molar-refractivity contribution in [3.8, 4) is 11.3 Å². The first-order valence-electron chi connectivity index (χ1n) is 12.2. The molecule has 0 bridgehead atoms. The van der Waals surface area contributed by atoms with Gasteiger partial charge in [-0.25, -0.2) is 0 Å². The zero-order valence-corrected chi connectivity index (χ0v) is 23.4. The molecule has 2 amide bonds. The predicted octanol–water partition coefficient (Wildman–Crippen LogP) is 6.08. The van der Waals surface area contributed by atoms with Gasteiger partial charge < -0.3 is 19.5 Å². The van der Waals surface area contributed by atoms with Crippen LogP contribution >= 0.6 is 35.4 Å². The van der Waals surface area contributed by atoms with Crippen LogP contribution in [0.3, 0.4) is 0 Å². The first-order chi connectivity index (χ1) is 18.2. The summed E-state index contributed by atoms with van der Waals surface area (Å²) in [6, 6.07) is 16.5. The molecule has 10 heteroatoms. The number of hydrogen-bond donors (Lipinski definition) is 2. The van der Waals surface area contributed by atoms with Gasteiger partial charge in [-0.05, 0) is 54.7 Å². The fourth-order valence-electron chi connectivity index (χ4n) is 4.13. The third kappa shape index (κ3) is 6.75. The second kappa shape index (κ2) is 12.5. The summed E-state index contributed by atoms with van der Waals surface area (Å²) in [7, 11) is 0. The zero-order valence-electron chi connectivity index (χ0n) is 21.0. The number of rotatable bonds is 6. The third-order valence-corrected chi connectivity index (χ3v) is 7.08. The van der Waals surface area contributed by atoms with E-state index in [4.69, 9.17) is 39.8 Å². The summed E-state index contributed by atoms with van der Waals surface area (Å²) in [4.78, 5) is 28.9. The molecule has 4 rings (SSSR count). The molecule has 2 N–H and O–H groups in total. The van der Waals surface area contributed by atoms with Crippen LogP contribution in [0.25, 0.3) is 17.4 Å². The second-order valence-electron chi connectivity index (χ2n) is 9.06. The summed E-state index contributed by atoms with van der Waals surface area (Å²) >= 11 is 17.7. The Hall–Kier alpha value is -3.33. The van der Waals surface area contributed by atoms with Gasteiger partial charge in [0.25, 0.3) is 0 Å². The van der Waals surface area contributed by atoms with Gasteiger partial charge in [-0.15, -0.1) is 0 Å². The van der Waals surface area contributed by atoms with E-state index < -0.39 is 5.91 Å². The maximum atomic E-state index is 12.5. The Balaban J connectivity index is 1.34. The van der Waals surface area contributed by atoms with Crippen LogP contribution in [-0.4, -0.2) is 48.0 Å². The summed E-state index contributed by atoms with van der Waals surface area (Å²) in [5.74, 6) is 0.777. The zero-order chi connectivity index (χ0) is 27.2. The lowest BCUT2D eigenvalue weighted by molar-refractivity contribution is -0.134. The monoisotopic (exact) mass is 570 g/mol. The Morgan fingerprint density at radius 1 is 1.00 bits per heavy atom. The number of carbonyl (C=O) groups excluding carboxylic acids is 2. The lowest BCUT2D eigenvalue weighted by atomic mass is 10.1. The van der Waals surface area contributed by atoms with Gasteiger partial charge in [0.2, 0.25) is 11.8 Å². The number of thiocarbonyl (C=S) groups is 1.